The van der Waals surface area contributed by atoms with E-state index >= 15 is 0 Å². The highest BCUT2D eigenvalue weighted by Crippen LogP contribution is 2.30. The van der Waals surface area contributed by atoms with E-state index < -0.39 is 5.60 Å². The lowest BCUT2D eigenvalue weighted by Crippen LogP contribution is -2.44. The van der Waals surface area contributed by atoms with Crippen molar-refractivity contribution in [1.82, 2.24) is 19.3 Å². The van der Waals surface area contributed by atoms with E-state index in [1.54, 1.807) is 6.92 Å². The zero-order valence-corrected chi connectivity index (χ0v) is 21.7. The van der Waals surface area contributed by atoms with Crippen LogP contribution < -0.4 is 16.2 Å². The van der Waals surface area contributed by atoms with E-state index in [0.717, 1.165) is 55.2 Å². The zero-order valence-electron chi connectivity index (χ0n) is 21.7. The van der Waals surface area contributed by atoms with Crippen LogP contribution in [0.5, 0.6) is 0 Å². The molecule has 1 aliphatic carbocycles. The average Bonchev–Trinajstić information content (AvgIpc) is 3.18. The summed E-state index contributed by atoms with van der Waals surface area (Å²) in [4.78, 5) is 25.9. The summed E-state index contributed by atoms with van der Waals surface area (Å²) in [6, 6.07) is 0.0897. The van der Waals surface area contributed by atoms with Gasteiger partial charge in [0.15, 0.2) is 0 Å². The standard InChI is InChI=1S/C27H35N7O2/c1-5-6-14-33-24-23(30-26(33)32-13-9-10-19(28)15-32)18(2)31-34(25(24)35)16-21-20-11-7-8-12-22(20)36-27(3,4)17-29-21/h8,12,19H,7,9-11,13-17,28H2,1-4H3. The third kappa shape index (κ3) is 4.58. The number of hydrogen-bond donors (Lipinski definition) is 1. The highest BCUT2D eigenvalue weighted by molar-refractivity contribution is 6.01. The minimum absolute atomic E-state index is 0.0897. The second kappa shape index (κ2) is 9.58. The Bertz CT molecular complexity index is 1400. The average molecular weight is 490 g/mol. The largest absolute Gasteiger partial charge is 0.486 e. The van der Waals surface area contributed by atoms with Gasteiger partial charge in [-0.25, -0.2) is 9.67 Å². The second-order valence-electron chi connectivity index (χ2n) is 10.4. The van der Waals surface area contributed by atoms with Crippen LogP contribution in [0, 0.1) is 18.8 Å². The first kappa shape index (κ1) is 24.3. The molecule has 36 heavy (non-hydrogen) atoms. The van der Waals surface area contributed by atoms with Crippen LogP contribution in [0.4, 0.5) is 5.95 Å². The molecule has 0 radical (unpaired) electrons. The number of rotatable bonds is 4. The van der Waals surface area contributed by atoms with Gasteiger partial charge in [0.2, 0.25) is 5.95 Å². The van der Waals surface area contributed by atoms with Gasteiger partial charge in [-0.2, -0.15) is 5.10 Å². The lowest BCUT2D eigenvalue weighted by molar-refractivity contribution is 0.0509. The first-order chi connectivity index (χ1) is 17.3. The highest BCUT2D eigenvalue weighted by atomic mass is 16.5. The fourth-order valence-electron chi connectivity index (χ4n) is 5.18. The van der Waals surface area contributed by atoms with Crippen molar-refractivity contribution in [1.29, 1.82) is 0 Å². The van der Waals surface area contributed by atoms with E-state index in [0.29, 0.717) is 36.4 Å². The van der Waals surface area contributed by atoms with Gasteiger partial charge in [0.1, 0.15) is 22.4 Å². The van der Waals surface area contributed by atoms with E-state index in [4.69, 9.17) is 20.4 Å². The van der Waals surface area contributed by atoms with Gasteiger partial charge in [0.05, 0.1) is 31.0 Å². The van der Waals surface area contributed by atoms with Crippen LogP contribution >= 0.6 is 0 Å². The molecule has 2 aromatic heterocycles. The van der Waals surface area contributed by atoms with Crippen LogP contribution in [0.25, 0.3) is 11.0 Å². The van der Waals surface area contributed by atoms with Crippen LogP contribution in [-0.2, 0) is 17.8 Å². The third-order valence-electron chi connectivity index (χ3n) is 6.96. The number of nitrogens with zero attached hydrogens (tertiary/aromatic N) is 6. The lowest BCUT2D eigenvalue weighted by Gasteiger charge is -2.31. The molecule has 5 rings (SSSR count). The summed E-state index contributed by atoms with van der Waals surface area (Å²) < 4.78 is 9.73. The predicted octanol–water partition coefficient (Wildman–Crippen LogP) is 2.71. The number of hydrogen-bond acceptors (Lipinski definition) is 7. The molecule has 1 fully saturated rings. The minimum atomic E-state index is -0.413. The van der Waals surface area contributed by atoms with Gasteiger partial charge in [-0.1, -0.05) is 12.0 Å². The molecular formula is C27H35N7O2. The highest BCUT2D eigenvalue weighted by Gasteiger charge is 2.29. The molecule has 0 spiro atoms. The molecule has 4 heterocycles. The Morgan fingerprint density at radius 2 is 2.17 bits per heavy atom. The maximum absolute atomic E-state index is 13.9. The predicted molar refractivity (Wildman–Crippen MR) is 142 cm³/mol. The van der Waals surface area contributed by atoms with Gasteiger partial charge in [-0.15, -0.1) is 5.92 Å². The number of nitrogens with two attached hydrogens (primary N) is 1. The fourth-order valence-corrected chi connectivity index (χ4v) is 5.18. The normalized spacial score (nSPS) is 21.4. The Labute approximate surface area is 211 Å². The summed E-state index contributed by atoms with van der Waals surface area (Å²) in [5, 5.41) is 4.68. The van der Waals surface area contributed by atoms with Gasteiger partial charge in [-0.05, 0) is 59.5 Å². The smallest absolute Gasteiger partial charge is 0.293 e. The van der Waals surface area contributed by atoms with Crippen molar-refractivity contribution < 1.29 is 4.74 Å². The van der Waals surface area contributed by atoms with Crippen molar-refractivity contribution in [2.24, 2.45) is 10.7 Å². The third-order valence-corrected chi connectivity index (χ3v) is 6.96. The molecule has 1 atom stereocenters. The molecule has 3 aliphatic rings. The molecule has 9 nitrogen and oxygen atoms in total. The quantitative estimate of drug-likeness (QED) is 0.663. The van der Waals surface area contributed by atoms with Crippen LogP contribution in [0.1, 0.15) is 52.1 Å². The van der Waals surface area contributed by atoms with Crippen molar-refractivity contribution >= 4 is 22.7 Å². The second-order valence-corrected chi connectivity index (χ2v) is 10.4. The molecule has 1 unspecified atom stereocenters. The maximum atomic E-state index is 13.9. The Balaban J connectivity index is 1.61. The van der Waals surface area contributed by atoms with Crippen LogP contribution in [-0.4, -0.2) is 56.3 Å². The molecule has 2 N–H and O–H groups in total. The van der Waals surface area contributed by atoms with Gasteiger partial charge in [0, 0.05) is 24.7 Å². The number of imidazole rings is 1. The van der Waals surface area contributed by atoms with E-state index in [2.05, 4.69) is 27.9 Å². The number of piperidine rings is 1. The first-order valence-corrected chi connectivity index (χ1v) is 12.8. The Morgan fingerprint density at radius 3 is 2.94 bits per heavy atom. The maximum Gasteiger partial charge on any atom is 0.293 e. The Morgan fingerprint density at radius 1 is 1.33 bits per heavy atom. The number of aliphatic imine (C=N–C) groups is 1. The zero-order chi connectivity index (χ0) is 25.4. The number of allylic oxidation sites excluding steroid dienone is 3. The summed E-state index contributed by atoms with van der Waals surface area (Å²) in [7, 11) is 0. The van der Waals surface area contributed by atoms with Crippen molar-refractivity contribution in [2.75, 3.05) is 24.5 Å². The number of fused-ring (bicyclic) bond motifs is 1. The number of ether oxygens (including phenoxy) is 1. The van der Waals surface area contributed by atoms with Crippen molar-refractivity contribution in [3.63, 3.8) is 0 Å². The van der Waals surface area contributed by atoms with Gasteiger partial charge in [0.25, 0.3) is 5.56 Å². The van der Waals surface area contributed by atoms with Crippen molar-refractivity contribution in [2.45, 2.75) is 78.1 Å². The van der Waals surface area contributed by atoms with E-state index in [1.165, 1.54) is 4.68 Å². The fraction of sp³-hybridized carbons (Fsp3) is 0.556. The van der Waals surface area contributed by atoms with Gasteiger partial charge >= 0.3 is 0 Å². The number of aryl methyl sites for hydroxylation is 1. The summed E-state index contributed by atoms with van der Waals surface area (Å²) in [6.07, 6.45) is 7.90. The van der Waals surface area contributed by atoms with Crippen molar-refractivity contribution in [3.05, 3.63) is 39.5 Å². The summed E-state index contributed by atoms with van der Waals surface area (Å²) in [5.74, 6) is 7.67. The summed E-state index contributed by atoms with van der Waals surface area (Å²) >= 11 is 0. The van der Waals surface area contributed by atoms with E-state index in [1.807, 2.05) is 31.4 Å². The number of anilines is 1. The topological polar surface area (TPSA) is 104 Å². The molecule has 0 amide bonds. The molecule has 0 bridgehead atoms. The summed E-state index contributed by atoms with van der Waals surface area (Å²) in [5.41, 5.74) is 9.44. The lowest BCUT2D eigenvalue weighted by atomic mass is 9.98. The van der Waals surface area contributed by atoms with Crippen LogP contribution in [0.3, 0.4) is 0 Å². The Kier molecular flexibility index (Phi) is 6.47. The first-order valence-electron chi connectivity index (χ1n) is 12.8. The number of aromatic nitrogens is 4. The van der Waals surface area contributed by atoms with Crippen molar-refractivity contribution in [3.8, 4) is 11.8 Å². The molecule has 0 aromatic carbocycles. The molecular weight excluding hydrogens is 454 g/mol. The Hall–Kier alpha value is -3.38. The molecule has 190 valence electrons. The van der Waals surface area contributed by atoms with Crippen LogP contribution in [0.15, 0.2) is 33.3 Å². The molecule has 2 aromatic rings. The molecule has 1 saturated heterocycles. The van der Waals surface area contributed by atoms with E-state index in [-0.39, 0.29) is 18.1 Å². The molecule has 0 saturated carbocycles. The van der Waals surface area contributed by atoms with Gasteiger partial charge < -0.3 is 15.4 Å². The molecule has 9 heteroatoms. The van der Waals surface area contributed by atoms with Gasteiger partial charge in [-0.3, -0.25) is 14.4 Å². The molecule has 2 aliphatic heterocycles. The summed E-state index contributed by atoms with van der Waals surface area (Å²) in [6.45, 7) is 10.5. The van der Waals surface area contributed by atoms with E-state index in [9.17, 15) is 4.79 Å². The van der Waals surface area contributed by atoms with Crippen LogP contribution in [0.2, 0.25) is 0 Å². The monoisotopic (exact) mass is 489 g/mol. The minimum Gasteiger partial charge on any atom is -0.486 e. The SMILES string of the molecule is CC#CCn1c(N2CCCC(N)C2)nc2c(C)nn(CC3=NCC(C)(C)OC4=C3CCC=C4)c(=O)c21.